The van der Waals surface area contributed by atoms with Crippen LogP contribution in [-0.4, -0.2) is 41.9 Å². The number of hydrogen-bond acceptors (Lipinski definition) is 3. The number of nitrogens with one attached hydrogen (secondary N) is 1. The first-order valence-electron chi connectivity index (χ1n) is 7.83. The molecule has 0 radical (unpaired) electrons. The highest BCUT2D eigenvalue weighted by Crippen LogP contribution is 2.24. The summed E-state index contributed by atoms with van der Waals surface area (Å²) in [6.07, 6.45) is 4.63. The predicted molar refractivity (Wildman–Crippen MR) is 77.9 cm³/mol. The molecule has 0 aromatic heterocycles. The van der Waals surface area contributed by atoms with Crippen LogP contribution in [0.25, 0.3) is 0 Å². The molecule has 2 atom stereocenters. The van der Waals surface area contributed by atoms with Crippen LogP contribution in [0.4, 0.5) is 0 Å². The Morgan fingerprint density at radius 3 is 2.55 bits per heavy atom. The van der Waals surface area contributed by atoms with E-state index < -0.39 is 0 Å². The van der Waals surface area contributed by atoms with E-state index in [9.17, 15) is 9.59 Å². The smallest absolute Gasteiger partial charge is 0.243 e. The molecule has 2 aliphatic rings. The minimum absolute atomic E-state index is 0.0265. The number of nitrogens with zero attached hydrogens (tertiary/aromatic N) is 1. The van der Waals surface area contributed by atoms with Gasteiger partial charge in [-0.2, -0.15) is 0 Å². The van der Waals surface area contributed by atoms with E-state index in [1.165, 1.54) is 0 Å². The third-order valence-corrected chi connectivity index (χ3v) is 4.15. The number of nitrogens with two attached hydrogens (primary N) is 1. The van der Waals surface area contributed by atoms with Gasteiger partial charge in [0.25, 0.3) is 0 Å². The molecule has 0 spiro atoms. The molecule has 3 N–H and O–H groups in total. The Morgan fingerprint density at radius 2 is 2.00 bits per heavy atom. The van der Waals surface area contributed by atoms with Crippen LogP contribution in [0.2, 0.25) is 0 Å². The van der Waals surface area contributed by atoms with E-state index >= 15 is 0 Å². The Morgan fingerprint density at radius 1 is 1.30 bits per heavy atom. The van der Waals surface area contributed by atoms with Gasteiger partial charge < -0.3 is 16.0 Å². The molecule has 0 aromatic carbocycles. The Balaban J connectivity index is 1.97. The van der Waals surface area contributed by atoms with E-state index in [1.54, 1.807) is 4.90 Å². The van der Waals surface area contributed by atoms with Crippen molar-refractivity contribution in [1.82, 2.24) is 10.2 Å². The normalized spacial score (nSPS) is 24.0. The molecule has 20 heavy (non-hydrogen) atoms. The Labute approximate surface area is 121 Å². The summed E-state index contributed by atoms with van der Waals surface area (Å²) >= 11 is 0. The number of rotatable bonds is 6. The lowest BCUT2D eigenvalue weighted by atomic mass is 9.95. The summed E-state index contributed by atoms with van der Waals surface area (Å²) in [5, 5.41) is 3.01. The maximum Gasteiger partial charge on any atom is 0.243 e. The zero-order valence-corrected chi connectivity index (χ0v) is 12.6. The van der Waals surface area contributed by atoms with Crippen molar-refractivity contribution < 1.29 is 9.59 Å². The molecule has 1 saturated carbocycles. The molecule has 0 aromatic rings. The molecule has 1 aliphatic carbocycles. The lowest BCUT2D eigenvalue weighted by Crippen LogP contribution is -2.49. The molecule has 5 nitrogen and oxygen atoms in total. The van der Waals surface area contributed by atoms with Crippen molar-refractivity contribution in [1.29, 1.82) is 0 Å². The van der Waals surface area contributed by atoms with Gasteiger partial charge >= 0.3 is 0 Å². The molecular formula is C15H27N3O2. The van der Waals surface area contributed by atoms with E-state index in [0.717, 1.165) is 32.1 Å². The van der Waals surface area contributed by atoms with Gasteiger partial charge in [0.15, 0.2) is 0 Å². The summed E-state index contributed by atoms with van der Waals surface area (Å²) in [5.41, 5.74) is 5.75. The summed E-state index contributed by atoms with van der Waals surface area (Å²) in [4.78, 5) is 26.6. The quantitative estimate of drug-likeness (QED) is 0.759. The number of carbonyl (C=O) groups is 2. The molecule has 2 unspecified atom stereocenters. The van der Waals surface area contributed by atoms with E-state index in [0.29, 0.717) is 25.0 Å². The van der Waals surface area contributed by atoms with E-state index in [1.807, 2.05) is 0 Å². The van der Waals surface area contributed by atoms with Crippen molar-refractivity contribution >= 4 is 11.8 Å². The first-order chi connectivity index (χ1) is 9.52. The molecule has 1 aliphatic heterocycles. The highest BCUT2D eigenvalue weighted by atomic mass is 16.2. The van der Waals surface area contributed by atoms with Crippen LogP contribution in [0, 0.1) is 11.8 Å². The van der Waals surface area contributed by atoms with Gasteiger partial charge in [-0.25, -0.2) is 0 Å². The molecule has 114 valence electrons. The lowest BCUT2D eigenvalue weighted by Gasteiger charge is -2.28. The van der Waals surface area contributed by atoms with Crippen molar-refractivity contribution in [2.24, 2.45) is 17.6 Å². The second-order valence-electron chi connectivity index (χ2n) is 6.53. The first kappa shape index (κ1) is 15.3. The zero-order valence-electron chi connectivity index (χ0n) is 12.6. The van der Waals surface area contributed by atoms with Crippen LogP contribution < -0.4 is 11.1 Å². The Hall–Kier alpha value is -1.10. The number of likely N-dealkylation sites (tertiary alicyclic amines) is 1. The third kappa shape index (κ3) is 3.72. The topological polar surface area (TPSA) is 75.4 Å². The molecule has 1 heterocycles. The maximum absolute atomic E-state index is 12.6. The Bertz CT molecular complexity index is 366. The van der Waals surface area contributed by atoms with Gasteiger partial charge in [-0.05, 0) is 38.0 Å². The van der Waals surface area contributed by atoms with Gasteiger partial charge in [0.05, 0.1) is 5.92 Å². The number of hydrogen-bond donors (Lipinski definition) is 2. The molecule has 2 amide bonds. The van der Waals surface area contributed by atoms with Gasteiger partial charge in [-0.15, -0.1) is 0 Å². The fraction of sp³-hybridized carbons (Fsp3) is 0.867. The van der Waals surface area contributed by atoms with Crippen molar-refractivity contribution in [3.8, 4) is 0 Å². The van der Waals surface area contributed by atoms with Gasteiger partial charge in [-0.1, -0.05) is 13.8 Å². The second kappa shape index (κ2) is 6.57. The van der Waals surface area contributed by atoms with E-state index in [4.69, 9.17) is 5.73 Å². The van der Waals surface area contributed by atoms with E-state index in [2.05, 4.69) is 19.2 Å². The summed E-state index contributed by atoms with van der Waals surface area (Å²) in [6, 6.07) is 0.0744. The minimum atomic E-state index is -0.274. The van der Waals surface area contributed by atoms with Crippen molar-refractivity contribution in [2.45, 2.75) is 58.0 Å². The van der Waals surface area contributed by atoms with Crippen LogP contribution in [0.5, 0.6) is 0 Å². The SMILES string of the molecule is CC(C)CC(CN)C(=O)N1CCCC1C(=O)NC1CC1. The standard InChI is InChI=1S/C15H27N3O2/c1-10(2)8-11(9-16)15(20)18-7-3-4-13(18)14(19)17-12-5-6-12/h10-13H,3-9,16H2,1-2H3,(H,17,19). The monoisotopic (exact) mass is 281 g/mol. The zero-order chi connectivity index (χ0) is 14.7. The van der Waals surface area contributed by atoms with Gasteiger partial charge in [0.1, 0.15) is 6.04 Å². The fourth-order valence-electron chi connectivity index (χ4n) is 2.93. The molecule has 5 heteroatoms. The van der Waals surface area contributed by atoms with Gasteiger partial charge in [-0.3, -0.25) is 9.59 Å². The minimum Gasteiger partial charge on any atom is -0.352 e. The summed E-state index contributed by atoms with van der Waals surface area (Å²) < 4.78 is 0. The van der Waals surface area contributed by atoms with Crippen molar-refractivity contribution in [3.05, 3.63) is 0 Å². The van der Waals surface area contributed by atoms with Crippen LogP contribution in [0.1, 0.15) is 46.0 Å². The summed E-state index contributed by atoms with van der Waals surface area (Å²) in [5.74, 6) is 0.381. The number of carbonyl (C=O) groups excluding carboxylic acids is 2. The molecule has 2 fully saturated rings. The van der Waals surface area contributed by atoms with Crippen LogP contribution in [0.15, 0.2) is 0 Å². The van der Waals surface area contributed by atoms with Crippen molar-refractivity contribution in [2.75, 3.05) is 13.1 Å². The van der Waals surface area contributed by atoms with E-state index in [-0.39, 0.29) is 23.8 Å². The van der Waals surface area contributed by atoms with Crippen molar-refractivity contribution in [3.63, 3.8) is 0 Å². The number of amides is 2. The predicted octanol–water partition coefficient (Wildman–Crippen LogP) is 0.877. The first-order valence-corrected chi connectivity index (χ1v) is 7.83. The maximum atomic E-state index is 12.6. The molecule has 2 rings (SSSR count). The molecular weight excluding hydrogens is 254 g/mol. The third-order valence-electron chi connectivity index (χ3n) is 4.15. The Kier molecular flexibility index (Phi) is 5.02. The highest BCUT2D eigenvalue weighted by Gasteiger charge is 2.38. The second-order valence-corrected chi connectivity index (χ2v) is 6.53. The fourth-order valence-corrected chi connectivity index (χ4v) is 2.93. The van der Waals surface area contributed by atoms with Gasteiger partial charge in [0.2, 0.25) is 11.8 Å². The van der Waals surface area contributed by atoms with Gasteiger partial charge in [0, 0.05) is 19.1 Å². The molecule has 0 bridgehead atoms. The average molecular weight is 281 g/mol. The largest absolute Gasteiger partial charge is 0.352 e. The summed E-state index contributed by atoms with van der Waals surface area (Å²) in [7, 11) is 0. The molecule has 1 saturated heterocycles. The lowest BCUT2D eigenvalue weighted by molar-refractivity contribution is -0.141. The average Bonchev–Trinajstić information content (AvgIpc) is 3.07. The van der Waals surface area contributed by atoms with Crippen LogP contribution in [-0.2, 0) is 9.59 Å². The highest BCUT2D eigenvalue weighted by molar-refractivity contribution is 5.89. The van der Waals surface area contributed by atoms with Crippen LogP contribution in [0.3, 0.4) is 0 Å². The van der Waals surface area contributed by atoms with Crippen LogP contribution >= 0.6 is 0 Å². The summed E-state index contributed by atoms with van der Waals surface area (Å²) in [6.45, 7) is 5.25.